The lowest BCUT2D eigenvalue weighted by atomic mass is 10.1. The zero-order valence-electron chi connectivity index (χ0n) is 16.3. The maximum absolute atomic E-state index is 12.8. The monoisotopic (exact) mass is 404 g/mol. The van der Waals surface area contributed by atoms with Crippen molar-refractivity contribution >= 4 is 17.5 Å². The molecule has 0 fully saturated rings. The van der Waals surface area contributed by atoms with Crippen molar-refractivity contribution in [3.8, 4) is 17.1 Å². The number of benzene rings is 2. The number of nitrogens with zero attached hydrogens (tertiary/aromatic N) is 3. The summed E-state index contributed by atoms with van der Waals surface area (Å²) in [7, 11) is 0. The third-order valence-electron chi connectivity index (χ3n) is 4.73. The number of nitrogens with one attached hydrogen (secondary N) is 1. The minimum absolute atomic E-state index is 0.260. The van der Waals surface area contributed by atoms with E-state index in [0.717, 1.165) is 16.8 Å². The van der Waals surface area contributed by atoms with Crippen LogP contribution < -0.4 is 5.43 Å². The summed E-state index contributed by atoms with van der Waals surface area (Å²) in [6, 6.07) is 13.7. The molecule has 29 heavy (non-hydrogen) atoms. The number of carbonyl (C=O) groups excluding carboxylic acids is 1. The van der Waals surface area contributed by atoms with Crippen LogP contribution in [0.3, 0.4) is 0 Å². The highest BCUT2D eigenvalue weighted by Crippen LogP contribution is 2.27. The standard InChI is InChI=1S/C23H21ClN4O/c1-16-6-11-20(17(2)14-16)22-25-21(23(29)26-27-12-4-3-5-13-27)15-28(22)19-9-7-18(24)8-10-19/h3-12,14-15H,13H2,1-2H3,(H,26,29). The fourth-order valence-corrected chi connectivity index (χ4v) is 3.41. The van der Waals surface area contributed by atoms with Crippen molar-refractivity contribution in [1.82, 2.24) is 20.0 Å². The van der Waals surface area contributed by atoms with Crippen molar-refractivity contribution in [3.05, 3.63) is 94.9 Å². The fourth-order valence-electron chi connectivity index (χ4n) is 3.28. The van der Waals surface area contributed by atoms with Gasteiger partial charge in [-0.1, -0.05) is 47.5 Å². The van der Waals surface area contributed by atoms with Gasteiger partial charge in [-0.25, -0.2) is 4.98 Å². The van der Waals surface area contributed by atoms with E-state index in [1.54, 1.807) is 11.2 Å². The van der Waals surface area contributed by atoms with Crippen LogP contribution in [0.5, 0.6) is 0 Å². The summed E-state index contributed by atoms with van der Waals surface area (Å²) in [5.41, 5.74) is 7.36. The van der Waals surface area contributed by atoms with Crippen LogP contribution in [0.25, 0.3) is 17.1 Å². The number of aromatic nitrogens is 2. The predicted octanol–water partition coefficient (Wildman–Crippen LogP) is 4.84. The minimum Gasteiger partial charge on any atom is -0.299 e. The summed E-state index contributed by atoms with van der Waals surface area (Å²) < 4.78 is 1.93. The number of halogens is 1. The normalized spacial score (nSPS) is 13.0. The van der Waals surface area contributed by atoms with Crippen LogP contribution in [-0.4, -0.2) is 27.0 Å². The maximum Gasteiger partial charge on any atom is 0.289 e. The van der Waals surface area contributed by atoms with Crippen molar-refractivity contribution in [2.75, 3.05) is 6.54 Å². The summed E-state index contributed by atoms with van der Waals surface area (Å²) in [5, 5.41) is 2.38. The van der Waals surface area contributed by atoms with Gasteiger partial charge < -0.3 is 0 Å². The average molecular weight is 405 g/mol. The highest BCUT2D eigenvalue weighted by atomic mass is 35.5. The Labute approximate surface area is 174 Å². The van der Waals surface area contributed by atoms with Gasteiger partial charge in [0.1, 0.15) is 11.5 Å². The molecular formula is C23H21ClN4O. The Morgan fingerprint density at radius 1 is 1.10 bits per heavy atom. The Hall–Kier alpha value is -3.31. The van der Waals surface area contributed by atoms with Crippen LogP contribution in [0.1, 0.15) is 21.6 Å². The van der Waals surface area contributed by atoms with Gasteiger partial charge in [0.05, 0.1) is 6.54 Å². The zero-order chi connectivity index (χ0) is 20.4. The molecule has 0 aliphatic carbocycles. The van der Waals surface area contributed by atoms with Crippen LogP contribution in [-0.2, 0) is 0 Å². The highest BCUT2D eigenvalue weighted by molar-refractivity contribution is 6.30. The maximum atomic E-state index is 12.8. The Bertz CT molecular complexity index is 1110. The Balaban J connectivity index is 1.76. The van der Waals surface area contributed by atoms with E-state index in [1.807, 2.05) is 72.3 Å². The molecule has 2 aromatic carbocycles. The second-order valence-corrected chi connectivity index (χ2v) is 7.41. The number of rotatable bonds is 4. The lowest BCUT2D eigenvalue weighted by molar-refractivity contribution is 0.0856. The number of carbonyl (C=O) groups is 1. The quantitative estimate of drug-likeness (QED) is 0.676. The van der Waals surface area contributed by atoms with Gasteiger partial charge in [0.15, 0.2) is 0 Å². The molecule has 0 saturated heterocycles. The van der Waals surface area contributed by atoms with E-state index in [1.165, 1.54) is 5.56 Å². The number of allylic oxidation sites excluding steroid dienone is 2. The van der Waals surface area contributed by atoms with E-state index in [0.29, 0.717) is 23.1 Å². The molecule has 0 radical (unpaired) electrons. The van der Waals surface area contributed by atoms with Crippen molar-refractivity contribution in [2.24, 2.45) is 0 Å². The lowest BCUT2D eigenvalue weighted by Crippen LogP contribution is -2.39. The number of amides is 1. The summed E-state index contributed by atoms with van der Waals surface area (Å²) >= 11 is 6.06. The molecule has 146 valence electrons. The van der Waals surface area contributed by atoms with Gasteiger partial charge in [-0.2, -0.15) is 0 Å². The number of imidazole rings is 1. The van der Waals surface area contributed by atoms with Gasteiger partial charge in [0.25, 0.3) is 5.91 Å². The molecule has 5 nitrogen and oxygen atoms in total. The van der Waals surface area contributed by atoms with Crippen LogP contribution in [0.15, 0.2) is 73.1 Å². The van der Waals surface area contributed by atoms with Crippen molar-refractivity contribution in [1.29, 1.82) is 0 Å². The van der Waals surface area contributed by atoms with Crippen LogP contribution in [0.2, 0.25) is 5.02 Å². The first-order valence-corrected chi connectivity index (χ1v) is 9.73. The van der Waals surface area contributed by atoms with Crippen LogP contribution in [0.4, 0.5) is 0 Å². The number of hydrogen-bond acceptors (Lipinski definition) is 3. The smallest absolute Gasteiger partial charge is 0.289 e. The first kappa shape index (κ1) is 19.0. The summed E-state index contributed by atoms with van der Waals surface area (Å²) in [6.45, 7) is 4.72. The van der Waals surface area contributed by atoms with Gasteiger partial charge in [-0.15, -0.1) is 0 Å². The molecule has 0 saturated carbocycles. The molecule has 1 amide bonds. The van der Waals surface area contributed by atoms with E-state index in [2.05, 4.69) is 23.4 Å². The predicted molar refractivity (Wildman–Crippen MR) is 116 cm³/mol. The van der Waals surface area contributed by atoms with E-state index < -0.39 is 0 Å². The molecule has 0 unspecified atom stereocenters. The molecule has 6 heteroatoms. The Morgan fingerprint density at radius 3 is 2.59 bits per heavy atom. The van der Waals surface area contributed by atoms with Crippen molar-refractivity contribution in [2.45, 2.75) is 13.8 Å². The molecular weight excluding hydrogens is 384 g/mol. The zero-order valence-corrected chi connectivity index (χ0v) is 17.0. The lowest BCUT2D eigenvalue weighted by Gasteiger charge is -2.20. The molecule has 0 atom stereocenters. The fraction of sp³-hybridized carbons (Fsp3) is 0.130. The molecule has 3 aromatic rings. The molecule has 1 aromatic heterocycles. The molecule has 0 spiro atoms. The van der Waals surface area contributed by atoms with E-state index in [9.17, 15) is 4.79 Å². The second kappa shape index (κ2) is 7.97. The molecule has 4 rings (SSSR count). The molecule has 1 aliphatic heterocycles. The third-order valence-corrected chi connectivity index (χ3v) is 4.98. The summed E-state index contributed by atoms with van der Waals surface area (Å²) in [4.78, 5) is 17.5. The highest BCUT2D eigenvalue weighted by Gasteiger charge is 2.19. The van der Waals surface area contributed by atoms with Crippen molar-refractivity contribution in [3.63, 3.8) is 0 Å². The summed E-state index contributed by atoms with van der Waals surface area (Å²) in [6.07, 6.45) is 9.36. The van der Waals surface area contributed by atoms with Gasteiger partial charge >= 0.3 is 0 Å². The summed E-state index contributed by atoms with van der Waals surface area (Å²) in [5.74, 6) is 0.452. The number of aryl methyl sites for hydroxylation is 2. The number of hydrogen-bond donors (Lipinski definition) is 1. The van der Waals surface area contributed by atoms with Crippen LogP contribution in [0, 0.1) is 13.8 Å². The molecule has 0 bridgehead atoms. The SMILES string of the molecule is Cc1ccc(-c2nc(C(=O)NN3C=CC=CC3)cn2-c2ccc(Cl)cc2)c(C)c1. The second-order valence-electron chi connectivity index (χ2n) is 6.98. The largest absolute Gasteiger partial charge is 0.299 e. The molecule has 1 aliphatic rings. The van der Waals surface area contributed by atoms with Gasteiger partial charge in [0, 0.05) is 28.7 Å². The minimum atomic E-state index is -0.260. The van der Waals surface area contributed by atoms with Crippen molar-refractivity contribution < 1.29 is 4.79 Å². The van der Waals surface area contributed by atoms with Gasteiger partial charge in [0.2, 0.25) is 0 Å². The van der Waals surface area contributed by atoms with Gasteiger partial charge in [-0.05, 0) is 49.8 Å². The first-order valence-electron chi connectivity index (χ1n) is 9.35. The molecule has 2 heterocycles. The average Bonchev–Trinajstić information content (AvgIpc) is 3.14. The van der Waals surface area contributed by atoms with E-state index >= 15 is 0 Å². The van der Waals surface area contributed by atoms with E-state index in [4.69, 9.17) is 11.6 Å². The number of hydrazine groups is 1. The van der Waals surface area contributed by atoms with Gasteiger partial charge in [-0.3, -0.25) is 19.8 Å². The Morgan fingerprint density at radius 2 is 1.90 bits per heavy atom. The van der Waals surface area contributed by atoms with E-state index in [-0.39, 0.29) is 5.91 Å². The Kier molecular flexibility index (Phi) is 5.23. The topological polar surface area (TPSA) is 50.2 Å². The first-order chi connectivity index (χ1) is 14.0. The third kappa shape index (κ3) is 4.10. The molecule has 1 N–H and O–H groups in total. The van der Waals surface area contributed by atoms with Crippen LogP contribution >= 0.6 is 11.6 Å².